The minimum atomic E-state index is -4.31. The molecule has 1 unspecified atom stereocenters. The molecular formula is C17H17N6O7P. The van der Waals surface area contributed by atoms with Crippen molar-refractivity contribution in [2.45, 2.75) is 24.5 Å². The first kappa shape index (κ1) is 20.0. The Balaban J connectivity index is 1.56. The largest absolute Gasteiger partial charge is 0.472 e. The summed E-state index contributed by atoms with van der Waals surface area (Å²) in [5.74, 6) is -0.414. The number of carbonyl (C=O) groups is 1. The molecule has 0 saturated carbocycles. The van der Waals surface area contributed by atoms with Gasteiger partial charge in [-0.25, -0.2) is 19.5 Å². The first-order valence-electron chi connectivity index (χ1n) is 9.18. The summed E-state index contributed by atoms with van der Waals surface area (Å²) in [4.78, 5) is 34.7. The van der Waals surface area contributed by atoms with Crippen LogP contribution in [0.2, 0.25) is 0 Å². The molecule has 5 rings (SSSR count). The summed E-state index contributed by atoms with van der Waals surface area (Å²) in [6.45, 7) is -0.262. The molecule has 1 amide bonds. The lowest BCUT2D eigenvalue weighted by Crippen LogP contribution is -2.39. The number of nitrogen functional groups attached to an aromatic ring is 1. The van der Waals surface area contributed by atoms with Gasteiger partial charge in [-0.15, -0.1) is 0 Å². The fourth-order valence-electron chi connectivity index (χ4n) is 3.57. The summed E-state index contributed by atoms with van der Waals surface area (Å²) in [7, 11) is -4.31. The van der Waals surface area contributed by atoms with E-state index < -0.39 is 38.3 Å². The van der Waals surface area contributed by atoms with E-state index in [4.69, 9.17) is 19.5 Å². The Kier molecular flexibility index (Phi) is 4.73. The van der Waals surface area contributed by atoms with E-state index >= 15 is 0 Å². The van der Waals surface area contributed by atoms with E-state index in [9.17, 15) is 19.4 Å². The summed E-state index contributed by atoms with van der Waals surface area (Å²) >= 11 is 0. The second-order valence-electron chi connectivity index (χ2n) is 6.95. The standard InChI is InChI=1S/C17H17N6O7P/c18-13-10-14(20-7-19-13)23(17(21-10)22-15(25)8-4-2-1-3-5-8)16-11(24)12-9(29-16)6-28-31(26,27)30-12/h1-5,7,9,11-12,16,24H,6H2,(H,26,27)(H2,18,19,20)(H,21,22,25)/t9-,11-,12-,16-/m1/s1. The van der Waals surface area contributed by atoms with E-state index in [1.54, 1.807) is 30.3 Å². The number of imidazole rings is 1. The van der Waals surface area contributed by atoms with E-state index in [0.29, 0.717) is 5.56 Å². The molecular weight excluding hydrogens is 431 g/mol. The first-order chi connectivity index (χ1) is 14.8. The van der Waals surface area contributed by atoms with Gasteiger partial charge in [0, 0.05) is 5.56 Å². The highest BCUT2D eigenvalue weighted by molar-refractivity contribution is 7.47. The molecule has 14 heteroatoms. The van der Waals surface area contributed by atoms with Crippen LogP contribution < -0.4 is 11.1 Å². The molecule has 5 N–H and O–H groups in total. The maximum absolute atomic E-state index is 12.7. The monoisotopic (exact) mass is 448 g/mol. The lowest BCUT2D eigenvalue weighted by molar-refractivity contribution is -0.0659. The lowest BCUT2D eigenvalue weighted by atomic mass is 10.1. The summed E-state index contributed by atoms with van der Waals surface area (Å²) in [5, 5.41) is 13.5. The minimum Gasteiger partial charge on any atom is -0.386 e. The number of ether oxygens (including phenoxy) is 1. The van der Waals surface area contributed by atoms with Crippen molar-refractivity contribution >= 4 is 36.7 Å². The number of phosphoric ester groups is 1. The quantitative estimate of drug-likeness (QED) is 0.408. The maximum Gasteiger partial charge on any atom is 0.472 e. The summed E-state index contributed by atoms with van der Waals surface area (Å²) in [6, 6.07) is 8.43. The Morgan fingerprint density at radius 1 is 1.29 bits per heavy atom. The molecule has 2 aliphatic rings. The number of aliphatic hydroxyl groups excluding tert-OH is 1. The molecule has 0 spiro atoms. The van der Waals surface area contributed by atoms with E-state index in [2.05, 4.69) is 20.3 Å². The third-order valence-corrected chi connectivity index (χ3v) is 5.97. The van der Waals surface area contributed by atoms with Crippen LogP contribution in [-0.4, -0.2) is 60.3 Å². The average Bonchev–Trinajstić information content (AvgIpc) is 3.26. The number of anilines is 2. The van der Waals surface area contributed by atoms with E-state index in [-0.39, 0.29) is 29.5 Å². The van der Waals surface area contributed by atoms with Crippen LogP contribution in [0.3, 0.4) is 0 Å². The molecule has 31 heavy (non-hydrogen) atoms. The van der Waals surface area contributed by atoms with Gasteiger partial charge < -0.3 is 20.5 Å². The van der Waals surface area contributed by atoms with Gasteiger partial charge >= 0.3 is 7.82 Å². The summed E-state index contributed by atoms with van der Waals surface area (Å²) in [6.07, 6.45) is -3.32. The fourth-order valence-corrected chi connectivity index (χ4v) is 4.53. The van der Waals surface area contributed by atoms with Gasteiger partial charge in [0.25, 0.3) is 5.91 Å². The molecule has 1 aromatic carbocycles. The van der Waals surface area contributed by atoms with Crippen molar-refractivity contribution in [3.05, 3.63) is 42.2 Å². The van der Waals surface area contributed by atoms with Crippen LogP contribution in [0.4, 0.5) is 11.8 Å². The minimum absolute atomic E-state index is 0.00755. The molecule has 3 aromatic rings. The van der Waals surface area contributed by atoms with Crippen LogP contribution in [0.1, 0.15) is 16.6 Å². The number of hydrogen-bond donors (Lipinski definition) is 4. The molecule has 2 fully saturated rings. The van der Waals surface area contributed by atoms with Crippen LogP contribution >= 0.6 is 7.82 Å². The molecule has 5 atom stereocenters. The highest BCUT2D eigenvalue weighted by atomic mass is 31.2. The van der Waals surface area contributed by atoms with Gasteiger partial charge in [-0.1, -0.05) is 18.2 Å². The van der Waals surface area contributed by atoms with Crippen LogP contribution in [0.25, 0.3) is 11.2 Å². The van der Waals surface area contributed by atoms with Gasteiger partial charge in [0.05, 0.1) is 6.61 Å². The van der Waals surface area contributed by atoms with Gasteiger partial charge in [0.2, 0.25) is 5.95 Å². The van der Waals surface area contributed by atoms with Crippen molar-refractivity contribution in [1.82, 2.24) is 19.5 Å². The molecule has 13 nitrogen and oxygen atoms in total. The number of fused-ring (bicyclic) bond motifs is 2. The number of nitrogens with one attached hydrogen (secondary N) is 1. The van der Waals surface area contributed by atoms with Gasteiger partial charge in [0.1, 0.15) is 24.6 Å². The Morgan fingerprint density at radius 2 is 2.06 bits per heavy atom. The predicted octanol–water partition coefficient (Wildman–Crippen LogP) is 0.435. The van der Waals surface area contributed by atoms with E-state index in [0.717, 1.165) is 0 Å². The third kappa shape index (κ3) is 3.47. The fraction of sp³-hybridized carbons (Fsp3) is 0.294. The molecule has 4 heterocycles. The van der Waals surface area contributed by atoms with Gasteiger partial charge in [-0.2, -0.15) is 0 Å². The molecule has 2 aliphatic heterocycles. The topological polar surface area (TPSA) is 184 Å². The first-order valence-corrected chi connectivity index (χ1v) is 10.7. The zero-order chi connectivity index (χ0) is 21.8. The number of phosphoric acid groups is 1. The number of benzene rings is 1. The van der Waals surface area contributed by atoms with E-state index in [1.807, 2.05) is 0 Å². The number of rotatable bonds is 3. The Morgan fingerprint density at radius 3 is 2.84 bits per heavy atom. The van der Waals surface area contributed by atoms with Gasteiger partial charge in [-0.3, -0.25) is 23.7 Å². The molecule has 2 saturated heterocycles. The average molecular weight is 448 g/mol. The summed E-state index contributed by atoms with van der Waals surface area (Å²) in [5.41, 5.74) is 6.65. The van der Waals surface area contributed by atoms with Crippen molar-refractivity contribution in [3.8, 4) is 0 Å². The van der Waals surface area contributed by atoms with Gasteiger partial charge in [0.15, 0.2) is 23.2 Å². The Bertz CT molecular complexity index is 1200. The SMILES string of the molecule is Nc1ncnc2c1nc(NC(=O)c1ccccc1)n2[C@@H]1O[C@@H]2COP(=O)(O)O[C@H]2[C@H]1O. The number of hydrogen-bond acceptors (Lipinski definition) is 10. The van der Waals surface area contributed by atoms with Crippen molar-refractivity contribution in [2.24, 2.45) is 0 Å². The number of aromatic nitrogens is 4. The van der Waals surface area contributed by atoms with Crippen LogP contribution in [0.5, 0.6) is 0 Å². The Hall–Kier alpha value is -2.93. The van der Waals surface area contributed by atoms with Crippen LogP contribution in [-0.2, 0) is 18.3 Å². The van der Waals surface area contributed by atoms with E-state index in [1.165, 1.54) is 10.9 Å². The normalized spacial score (nSPS) is 30.3. The number of amides is 1. The van der Waals surface area contributed by atoms with Crippen molar-refractivity contribution in [3.63, 3.8) is 0 Å². The smallest absolute Gasteiger partial charge is 0.386 e. The summed E-state index contributed by atoms with van der Waals surface area (Å²) < 4.78 is 28.7. The number of aliphatic hydroxyl groups is 1. The number of nitrogens with two attached hydrogens (primary N) is 1. The van der Waals surface area contributed by atoms with Crippen molar-refractivity contribution < 1.29 is 33.1 Å². The number of carbonyl (C=O) groups excluding carboxylic acids is 1. The molecule has 0 aliphatic carbocycles. The molecule has 0 radical (unpaired) electrons. The zero-order valence-electron chi connectivity index (χ0n) is 15.7. The molecule has 2 aromatic heterocycles. The van der Waals surface area contributed by atoms with Crippen LogP contribution in [0.15, 0.2) is 36.7 Å². The Labute approximate surface area is 174 Å². The third-order valence-electron chi connectivity index (χ3n) is 4.99. The number of nitrogens with zero attached hydrogens (tertiary/aromatic N) is 4. The highest BCUT2D eigenvalue weighted by Gasteiger charge is 2.53. The second kappa shape index (κ2) is 7.34. The lowest BCUT2D eigenvalue weighted by Gasteiger charge is -2.27. The van der Waals surface area contributed by atoms with Gasteiger partial charge in [-0.05, 0) is 12.1 Å². The highest BCUT2D eigenvalue weighted by Crippen LogP contribution is 2.52. The zero-order valence-corrected chi connectivity index (χ0v) is 16.6. The molecule has 0 bridgehead atoms. The molecule has 162 valence electrons. The predicted molar refractivity (Wildman–Crippen MR) is 105 cm³/mol. The van der Waals surface area contributed by atoms with Crippen molar-refractivity contribution in [1.29, 1.82) is 0 Å². The van der Waals surface area contributed by atoms with Crippen LogP contribution in [0, 0.1) is 0 Å². The second-order valence-corrected chi connectivity index (χ2v) is 8.35. The van der Waals surface area contributed by atoms with Crippen molar-refractivity contribution in [2.75, 3.05) is 17.7 Å². The maximum atomic E-state index is 12.7.